The zero-order valence-electron chi connectivity index (χ0n) is 10.5. The summed E-state index contributed by atoms with van der Waals surface area (Å²) in [5, 5.41) is 3.06. The Morgan fingerprint density at radius 1 is 1.37 bits per heavy atom. The van der Waals surface area contributed by atoms with E-state index in [-0.39, 0.29) is 10.9 Å². The Hall–Kier alpha value is -2.07. The Labute approximate surface area is 116 Å². The van der Waals surface area contributed by atoms with Crippen molar-refractivity contribution in [2.45, 2.75) is 13.5 Å². The van der Waals surface area contributed by atoms with Crippen LogP contribution in [0, 0.1) is 6.92 Å². The van der Waals surface area contributed by atoms with Crippen LogP contribution in [0.2, 0.25) is 5.02 Å². The molecule has 0 aliphatic rings. The van der Waals surface area contributed by atoms with Crippen LogP contribution < -0.4 is 11.1 Å². The molecule has 0 radical (unpaired) electrons. The average molecular weight is 276 g/mol. The van der Waals surface area contributed by atoms with Crippen molar-refractivity contribution < 1.29 is 4.79 Å². The smallest absolute Gasteiger partial charge is 0.253 e. The topological polar surface area (TPSA) is 68.0 Å². The van der Waals surface area contributed by atoms with Gasteiger partial charge >= 0.3 is 0 Å². The number of aryl methyl sites for hydroxylation is 1. The quantitative estimate of drug-likeness (QED) is 0.846. The maximum absolute atomic E-state index is 12.0. The highest BCUT2D eigenvalue weighted by molar-refractivity contribution is 6.36. The number of anilines is 1. The molecule has 0 atom stereocenters. The molecular weight excluding hydrogens is 262 g/mol. The van der Waals surface area contributed by atoms with Gasteiger partial charge in [-0.15, -0.1) is 0 Å². The predicted octanol–water partition coefficient (Wildman–Crippen LogP) is 2.56. The lowest BCUT2D eigenvalue weighted by atomic mass is 10.1. The molecule has 1 amide bonds. The predicted molar refractivity (Wildman–Crippen MR) is 76.0 cm³/mol. The fourth-order valence-electron chi connectivity index (χ4n) is 1.69. The van der Waals surface area contributed by atoms with E-state index in [4.69, 9.17) is 17.3 Å². The molecule has 1 aromatic carbocycles. The van der Waals surface area contributed by atoms with Crippen molar-refractivity contribution in [1.82, 2.24) is 10.3 Å². The largest absolute Gasteiger partial charge is 0.398 e. The number of hydrogen-bond donors (Lipinski definition) is 2. The third-order valence-electron chi connectivity index (χ3n) is 2.81. The Kier molecular flexibility index (Phi) is 4.02. The first kappa shape index (κ1) is 13.4. The Morgan fingerprint density at radius 2 is 2.16 bits per heavy atom. The highest BCUT2D eigenvalue weighted by Gasteiger charge is 2.12. The molecular formula is C14H14ClN3O. The molecule has 5 heteroatoms. The van der Waals surface area contributed by atoms with E-state index in [1.54, 1.807) is 24.4 Å². The van der Waals surface area contributed by atoms with Crippen molar-refractivity contribution in [3.8, 4) is 0 Å². The number of pyridine rings is 1. The van der Waals surface area contributed by atoms with E-state index in [1.165, 1.54) is 0 Å². The minimum Gasteiger partial charge on any atom is -0.398 e. The fourth-order valence-corrected chi connectivity index (χ4v) is 1.90. The van der Waals surface area contributed by atoms with Gasteiger partial charge in [-0.3, -0.25) is 9.78 Å². The third-order valence-corrected chi connectivity index (χ3v) is 3.23. The average Bonchev–Trinajstić information content (AvgIpc) is 2.40. The summed E-state index contributed by atoms with van der Waals surface area (Å²) in [4.78, 5) is 16.2. The van der Waals surface area contributed by atoms with E-state index in [9.17, 15) is 4.79 Å². The van der Waals surface area contributed by atoms with Gasteiger partial charge in [0.25, 0.3) is 5.91 Å². The van der Waals surface area contributed by atoms with Gasteiger partial charge in [0.1, 0.15) is 0 Å². The molecule has 3 N–H and O–H groups in total. The highest BCUT2D eigenvalue weighted by atomic mass is 35.5. The lowest BCUT2D eigenvalue weighted by Gasteiger charge is -2.09. The van der Waals surface area contributed by atoms with Crippen molar-refractivity contribution in [2.24, 2.45) is 0 Å². The van der Waals surface area contributed by atoms with E-state index in [1.807, 2.05) is 19.1 Å². The molecule has 0 aliphatic heterocycles. The molecule has 0 bridgehead atoms. The number of nitrogens with two attached hydrogens (primary N) is 1. The number of nitrogen functional groups attached to an aromatic ring is 1. The summed E-state index contributed by atoms with van der Waals surface area (Å²) in [5.74, 6) is -0.262. The van der Waals surface area contributed by atoms with Crippen LogP contribution in [0.25, 0.3) is 0 Å². The third kappa shape index (κ3) is 3.03. The maximum Gasteiger partial charge on any atom is 0.253 e. The van der Waals surface area contributed by atoms with Gasteiger partial charge in [-0.05, 0) is 30.7 Å². The highest BCUT2D eigenvalue weighted by Crippen LogP contribution is 2.22. The second kappa shape index (κ2) is 5.71. The van der Waals surface area contributed by atoms with Crippen LogP contribution >= 0.6 is 11.6 Å². The van der Waals surface area contributed by atoms with E-state index in [0.29, 0.717) is 17.8 Å². The number of carbonyl (C=O) groups excluding carboxylic acids is 1. The molecule has 0 saturated carbocycles. The van der Waals surface area contributed by atoms with Crippen LogP contribution in [-0.4, -0.2) is 10.9 Å². The van der Waals surface area contributed by atoms with E-state index in [0.717, 1.165) is 11.3 Å². The number of nitrogens with zero attached hydrogens (tertiary/aromatic N) is 1. The standard InChI is InChI=1S/C14H14ClN3O/c1-9-4-3-7-17-12(9)8-18-14(19)10-5-2-6-11(16)13(10)15/h2-7H,8,16H2,1H3,(H,18,19). The van der Waals surface area contributed by atoms with Crippen LogP contribution in [0.4, 0.5) is 5.69 Å². The van der Waals surface area contributed by atoms with E-state index >= 15 is 0 Å². The van der Waals surface area contributed by atoms with Crippen LogP contribution in [0.15, 0.2) is 36.5 Å². The summed E-state index contributed by atoms with van der Waals surface area (Å²) in [6.07, 6.45) is 1.70. The Morgan fingerprint density at radius 3 is 2.89 bits per heavy atom. The molecule has 0 aliphatic carbocycles. The summed E-state index contributed by atoms with van der Waals surface area (Å²) in [6.45, 7) is 2.30. The van der Waals surface area contributed by atoms with Crippen LogP contribution in [0.5, 0.6) is 0 Å². The second-order valence-corrected chi connectivity index (χ2v) is 4.54. The van der Waals surface area contributed by atoms with Gasteiger partial charge in [0.15, 0.2) is 0 Å². The summed E-state index contributed by atoms with van der Waals surface area (Å²) in [7, 11) is 0. The molecule has 0 spiro atoms. The fraction of sp³-hybridized carbons (Fsp3) is 0.143. The van der Waals surface area contributed by atoms with Crippen molar-refractivity contribution in [3.63, 3.8) is 0 Å². The van der Waals surface area contributed by atoms with Gasteiger partial charge in [0.05, 0.1) is 28.5 Å². The number of amides is 1. The lowest BCUT2D eigenvalue weighted by molar-refractivity contribution is 0.0950. The summed E-state index contributed by atoms with van der Waals surface area (Å²) >= 11 is 6.00. The number of aromatic nitrogens is 1. The molecule has 0 saturated heterocycles. The van der Waals surface area contributed by atoms with Crippen molar-refractivity contribution in [3.05, 3.63) is 58.4 Å². The second-order valence-electron chi connectivity index (χ2n) is 4.16. The molecule has 4 nitrogen and oxygen atoms in total. The van der Waals surface area contributed by atoms with Gasteiger partial charge in [-0.1, -0.05) is 23.7 Å². The first-order valence-electron chi connectivity index (χ1n) is 5.82. The monoisotopic (exact) mass is 275 g/mol. The summed E-state index contributed by atoms with van der Waals surface area (Å²) in [5.41, 5.74) is 8.29. The molecule has 1 aromatic heterocycles. The first-order chi connectivity index (χ1) is 9.09. The summed E-state index contributed by atoms with van der Waals surface area (Å²) in [6, 6.07) is 8.79. The Balaban J connectivity index is 2.10. The maximum atomic E-state index is 12.0. The molecule has 0 fully saturated rings. The number of hydrogen-bond acceptors (Lipinski definition) is 3. The first-order valence-corrected chi connectivity index (χ1v) is 6.20. The van der Waals surface area contributed by atoms with Gasteiger partial charge in [0, 0.05) is 6.20 Å². The Bertz CT molecular complexity index is 613. The summed E-state index contributed by atoms with van der Waals surface area (Å²) < 4.78 is 0. The minimum atomic E-state index is -0.262. The van der Waals surface area contributed by atoms with Gasteiger partial charge in [-0.25, -0.2) is 0 Å². The molecule has 98 valence electrons. The molecule has 2 aromatic rings. The minimum absolute atomic E-state index is 0.262. The number of halogens is 1. The SMILES string of the molecule is Cc1cccnc1CNC(=O)c1cccc(N)c1Cl. The van der Waals surface area contributed by atoms with Crippen molar-refractivity contribution in [2.75, 3.05) is 5.73 Å². The molecule has 2 rings (SSSR count). The molecule has 0 unspecified atom stereocenters. The lowest BCUT2D eigenvalue weighted by Crippen LogP contribution is -2.24. The van der Waals surface area contributed by atoms with Crippen LogP contribution in [-0.2, 0) is 6.54 Å². The number of nitrogens with one attached hydrogen (secondary N) is 1. The molecule has 19 heavy (non-hydrogen) atoms. The molecule has 1 heterocycles. The zero-order chi connectivity index (χ0) is 13.8. The van der Waals surface area contributed by atoms with E-state index < -0.39 is 0 Å². The number of benzene rings is 1. The van der Waals surface area contributed by atoms with Gasteiger partial charge in [-0.2, -0.15) is 0 Å². The van der Waals surface area contributed by atoms with Crippen molar-refractivity contribution >= 4 is 23.2 Å². The van der Waals surface area contributed by atoms with Crippen molar-refractivity contribution in [1.29, 1.82) is 0 Å². The zero-order valence-corrected chi connectivity index (χ0v) is 11.2. The van der Waals surface area contributed by atoms with Crippen LogP contribution in [0.3, 0.4) is 0 Å². The van der Waals surface area contributed by atoms with Gasteiger partial charge in [0.2, 0.25) is 0 Å². The number of rotatable bonds is 3. The number of carbonyl (C=O) groups is 1. The van der Waals surface area contributed by atoms with Gasteiger partial charge < -0.3 is 11.1 Å². The van der Waals surface area contributed by atoms with E-state index in [2.05, 4.69) is 10.3 Å². The normalized spacial score (nSPS) is 10.2. The van der Waals surface area contributed by atoms with Crippen LogP contribution in [0.1, 0.15) is 21.6 Å².